The second-order valence-electron chi connectivity index (χ2n) is 9.12. The number of methoxy groups -OCH3 is 1. The average Bonchev–Trinajstić information content (AvgIpc) is 2.91. The molecule has 0 saturated carbocycles. The highest BCUT2D eigenvalue weighted by Crippen LogP contribution is 2.23. The van der Waals surface area contributed by atoms with Crippen LogP contribution in [-0.4, -0.2) is 77.8 Å². The van der Waals surface area contributed by atoms with E-state index in [1.165, 1.54) is 35.4 Å². The van der Waals surface area contributed by atoms with Crippen molar-refractivity contribution in [3.8, 4) is 11.6 Å². The Kier molecular flexibility index (Phi) is 8.88. The number of hydrogen-bond donors (Lipinski definition) is 1. The number of nitrogens with zero attached hydrogens (tertiary/aromatic N) is 4. The zero-order chi connectivity index (χ0) is 27.1. The number of pyridine rings is 1. The van der Waals surface area contributed by atoms with Crippen LogP contribution in [0.3, 0.4) is 0 Å². The van der Waals surface area contributed by atoms with E-state index in [1.807, 2.05) is 31.2 Å². The third kappa shape index (κ3) is 6.84. The normalized spacial score (nSPS) is 15.8. The second kappa shape index (κ2) is 12.5. The summed E-state index contributed by atoms with van der Waals surface area (Å²) in [6.45, 7) is 5.15. The lowest BCUT2D eigenvalue weighted by atomic mass is 10.1. The van der Waals surface area contributed by atoms with Crippen molar-refractivity contribution in [2.45, 2.75) is 19.5 Å². The molecule has 0 aliphatic carbocycles. The minimum absolute atomic E-state index is 0.0660. The number of hydrogen-bond acceptors (Lipinski definition) is 6. The van der Waals surface area contributed by atoms with Crippen LogP contribution in [0, 0.1) is 5.82 Å². The maximum atomic E-state index is 13.4. The van der Waals surface area contributed by atoms with Gasteiger partial charge in [-0.3, -0.25) is 9.69 Å². The van der Waals surface area contributed by atoms with Crippen molar-refractivity contribution in [3.05, 3.63) is 83.8 Å². The summed E-state index contributed by atoms with van der Waals surface area (Å²) in [7, 11) is 1.58. The van der Waals surface area contributed by atoms with Gasteiger partial charge < -0.3 is 24.4 Å². The molecule has 3 aromatic rings. The minimum Gasteiger partial charge on any atom is -0.465 e. The molecular weight excluding hydrogens is 491 g/mol. The summed E-state index contributed by atoms with van der Waals surface area (Å²) < 4.78 is 24.0. The fourth-order valence-corrected chi connectivity index (χ4v) is 4.38. The van der Waals surface area contributed by atoms with Gasteiger partial charge in [-0.25, -0.2) is 14.2 Å². The van der Waals surface area contributed by atoms with Crippen LogP contribution in [0.25, 0.3) is 0 Å². The van der Waals surface area contributed by atoms with Crippen molar-refractivity contribution < 1.29 is 28.6 Å². The van der Waals surface area contributed by atoms with Crippen LogP contribution in [-0.2, 0) is 11.3 Å². The molecule has 1 N–H and O–H groups in total. The molecule has 0 spiro atoms. The van der Waals surface area contributed by atoms with Crippen molar-refractivity contribution >= 4 is 17.7 Å². The Morgan fingerprint density at radius 2 is 1.82 bits per heavy atom. The number of benzene rings is 2. The Balaban J connectivity index is 1.42. The van der Waals surface area contributed by atoms with Crippen LogP contribution < -0.4 is 9.64 Å². The van der Waals surface area contributed by atoms with Gasteiger partial charge in [-0.15, -0.1) is 0 Å². The number of halogens is 1. The molecule has 0 unspecified atom stereocenters. The number of carbonyl (C=O) groups excluding carboxylic acids is 1. The molecule has 1 aliphatic rings. The number of aromatic nitrogens is 1. The summed E-state index contributed by atoms with van der Waals surface area (Å²) in [6.07, 6.45) is 0.570. The molecule has 10 heteroatoms. The van der Waals surface area contributed by atoms with Gasteiger partial charge in [0, 0.05) is 63.8 Å². The molecule has 2 aromatic carbocycles. The van der Waals surface area contributed by atoms with Crippen molar-refractivity contribution in [3.63, 3.8) is 0 Å². The molecule has 2 heterocycles. The average molecular weight is 523 g/mol. The van der Waals surface area contributed by atoms with Crippen LogP contribution in [0.15, 0.2) is 66.9 Å². The molecule has 1 fully saturated rings. The van der Waals surface area contributed by atoms with E-state index >= 15 is 0 Å². The van der Waals surface area contributed by atoms with E-state index in [-0.39, 0.29) is 17.8 Å². The largest absolute Gasteiger partial charge is 0.465 e. The lowest BCUT2D eigenvalue weighted by Crippen LogP contribution is -2.53. The van der Waals surface area contributed by atoms with Gasteiger partial charge in [0.25, 0.3) is 5.91 Å². The van der Waals surface area contributed by atoms with Gasteiger partial charge in [0.1, 0.15) is 11.6 Å². The first-order valence-electron chi connectivity index (χ1n) is 12.3. The quantitative estimate of drug-likeness (QED) is 0.442. The van der Waals surface area contributed by atoms with Gasteiger partial charge in [-0.2, -0.15) is 0 Å². The molecular formula is C28H31FN4O5. The summed E-state index contributed by atoms with van der Waals surface area (Å²) in [6, 6.07) is 16.5. The van der Waals surface area contributed by atoms with Gasteiger partial charge in [0.2, 0.25) is 5.88 Å². The van der Waals surface area contributed by atoms with Crippen LogP contribution in [0.2, 0.25) is 0 Å². The summed E-state index contributed by atoms with van der Waals surface area (Å²) >= 11 is 0. The molecule has 1 atom stereocenters. The molecule has 38 heavy (non-hydrogen) atoms. The van der Waals surface area contributed by atoms with E-state index in [9.17, 15) is 19.1 Å². The standard InChI is InChI=1S/C28H31FN4O5/c1-20-18-31(13-14-32(20)28(35)36)19-21-3-8-24(9-4-21)33(15-16-37-2)27(34)22-5-12-26(30-17-22)38-25-10-6-23(29)7-11-25/h3-12,17,20H,13-16,18-19H2,1-2H3,(H,35,36)/t20-/m0/s1. The van der Waals surface area contributed by atoms with E-state index in [4.69, 9.17) is 9.47 Å². The molecule has 200 valence electrons. The SMILES string of the molecule is COCCN(C(=O)c1ccc(Oc2ccc(F)cc2)nc1)c1ccc(CN2CCN(C(=O)O)[C@@H](C)C2)cc1. The van der Waals surface area contributed by atoms with Crippen LogP contribution in [0.4, 0.5) is 14.9 Å². The summed E-state index contributed by atoms with van der Waals surface area (Å²) in [5.41, 5.74) is 2.20. The minimum atomic E-state index is -0.882. The molecule has 0 radical (unpaired) electrons. The summed E-state index contributed by atoms with van der Waals surface area (Å²) in [5.74, 6) is 0.148. The van der Waals surface area contributed by atoms with E-state index in [2.05, 4.69) is 9.88 Å². The highest BCUT2D eigenvalue weighted by atomic mass is 19.1. The number of ether oxygens (including phenoxy) is 2. The van der Waals surface area contributed by atoms with E-state index in [0.717, 1.165) is 11.3 Å². The van der Waals surface area contributed by atoms with Gasteiger partial charge >= 0.3 is 6.09 Å². The molecule has 1 saturated heterocycles. The van der Waals surface area contributed by atoms with Crippen molar-refractivity contribution in [2.24, 2.45) is 0 Å². The van der Waals surface area contributed by atoms with Gasteiger partial charge in [-0.1, -0.05) is 12.1 Å². The van der Waals surface area contributed by atoms with E-state index in [0.29, 0.717) is 56.5 Å². The molecule has 9 nitrogen and oxygen atoms in total. The number of piperazine rings is 1. The first kappa shape index (κ1) is 27.0. The van der Waals surface area contributed by atoms with Crippen LogP contribution in [0.5, 0.6) is 11.6 Å². The van der Waals surface area contributed by atoms with Crippen LogP contribution >= 0.6 is 0 Å². The smallest absolute Gasteiger partial charge is 0.407 e. The Bertz CT molecular complexity index is 1220. The Morgan fingerprint density at radius 1 is 1.08 bits per heavy atom. The summed E-state index contributed by atoms with van der Waals surface area (Å²) in [4.78, 5) is 34.2. The van der Waals surface area contributed by atoms with Gasteiger partial charge in [0.05, 0.1) is 12.2 Å². The maximum Gasteiger partial charge on any atom is 0.407 e. The number of amides is 2. The highest BCUT2D eigenvalue weighted by Gasteiger charge is 2.27. The lowest BCUT2D eigenvalue weighted by Gasteiger charge is -2.38. The van der Waals surface area contributed by atoms with Crippen molar-refractivity contribution in [1.29, 1.82) is 0 Å². The molecule has 1 aromatic heterocycles. The Hall–Kier alpha value is -4.02. The van der Waals surface area contributed by atoms with Crippen LogP contribution in [0.1, 0.15) is 22.8 Å². The fraction of sp³-hybridized carbons (Fsp3) is 0.321. The molecule has 2 amide bonds. The zero-order valence-corrected chi connectivity index (χ0v) is 21.4. The van der Waals surface area contributed by atoms with Crippen molar-refractivity contribution in [1.82, 2.24) is 14.8 Å². The molecule has 4 rings (SSSR count). The number of carboxylic acid groups (broad SMARTS) is 1. The molecule has 1 aliphatic heterocycles. The van der Waals surface area contributed by atoms with E-state index in [1.54, 1.807) is 24.1 Å². The first-order chi connectivity index (χ1) is 18.3. The topological polar surface area (TPSA) is 95.4 Å². The third-order valence-corrected chi connectivity index (χ3v) is 6.40. The van der Waals surface area contributed by atoms with Gasteiger partial charge in [0.15, 0.2) is 0 Å². The second-order valence-corrected chi connectivity index (χ2v) is 9.12. The first-order valence-corrected chi connectivity index (χ1v) is 12.3. The van der Waals surface area contributed by atoms with Gasteiger partial charge in [-0.05, 0) is 55.0 Å². The number of rotatable bonds is 9. The molecule has 0 bridgehead atoms. The zero-order valence-electron chi connectivity index (χ0n) is 21.4. The lowest BCUT2D eigenvalue weighted by molar-refractivity contribution is 0.0711. The van der Waals surface area contributed by atoms with Crippen molar-refractivity contribution in [2.75, 3.05) is 44.8 Å². The maximum absolute atomic E-state index is 13.4. The summed E-state index contributed by atoms with van der Waals surface area (Å²) in [5, 5.41) is 9.28. The predicted molar refractivity (Wildman–Crippen MR) is 140 cm³/mol. The number of anilines is 1. The Morgan fingerprint density at radius 3 is 2.42 bits per heavy atom. The van der Waals surface area contributed by atoms with E-state index < -0.39 is 6.09 Å². The Labute approximate surface area is 221 Å². The fourth-order valence-electron chi connectivity index (χ4n) is 4.38. The number of carbonyl (C=O) groups is 2. The third-order valence-electron chi connectivity index (χ3n) is 6.40. The highest BCUT2D eigenvalue weighted by molar-refractivity contribution is 6.06. The predicted octanol–water partition coefficient (Wildman–Crippen LogP) is 4.49. The monoisotopic (exact) mass is 522 g/mol.